The number of H-pyrrole nitrogens is 2. The second-order valence-electron chi connectivity index (χ2n) is 21.0. The first-order valence-electron chi connectivity index (χ1n) is 22.7. The number of carbonyl (C=O) groups is 2. The molecule has 2 N–H and O–H groups in total. The lowest BCUT2D eigenvalue weighted by atomic mass is 9.73. The van der Waals surface area contributed by atoms with Gasteiger partial charge in [0.05, 0.1) is 36.4 Å². The zero-order valence-corrected chi connectivity index (χ0v) is 38.8. The Hall–Kier alpha value is -5.38. The number of nitrogens with one attached hydrogen (secondary N) is 2. The van der Waals surface area contributed by atoms with E-state index in [0.29, 0.717) is 19.6 Å². The van der Waals surface area contributed by atoms with E-state index in [1.807, 2.05) is 58.8 Å². The Balaban J connectivity index is 1.09. The molecule has 0 radical (unpaired) electrons. The van der Waals surface area contributed by atoms with Gasteiger partial charge in [-0.2, -0.15) is 0 Å². The molecule has 62 heavy (non-hydrogen) atoms. The molecule has 0 spiro atoms. The SMILES string of the molecule is CCCN(Cc1ncc(-c2ccc(-c3c4c(c(-c5ccc(-c6cnc([C@@H]7CCCN7C(=O)OC(C)(C)C)[nH]6)cc5)c5c3C(C)(C)CC5)C(C)(C)CC4)cc2)[nH]1)C(=O)OC(C)(C)C. The molecule has 10 nitrogen and oxygen atoms in total. The number of hydrogen-bond acceptors (Lipinski definition) is 6. The standard InChI is InChI=1S/C52H66N6O4/c1-12-27-57(47(59)61-49(2,3)4)31-41-53-29-38(55-41)32-15-19-34(20-16-32)42-36-23-25-52(10,11)45(36)43(37-24-26-51(8,9)44(37)42)35-21-17-33(18-22-35)39-30-54-46(56-39)40-14-13-28-58(40)48(60)62-50(5,6)7/h15-22,29-30,40H,12-14,23-28,31H2,1-11H3,(H,53,55)(H,54,56)/t40-/m0/s1. The number of aromatic amines is 2. The van der Waals surface area contributed by atoms with Gasteiger partial charge in [0, 0.05) is 13.1 Å². The summed E-state index contributed by atoms with van der Waals surface area (Å²) in [5.74, 6) is 1.54. The van der Waals surface area contributed by atoms with Crippen LogP contribution >= 0.6 is 0 Å². The van der Waals surface area contributed by atoms with Gasteiger partial charge in [0.2, 0.25) is 0 Å². The predicted octanol–water partition coefficient (Wildman–Crippen LogP) is 12.5. The van der Waals surface area contributed by atoms with E-state index < -0.39 is 11.2 Å². The molecule has 1 atom stereocenters. The van der Waals surface area contributed by atoms with Gasteiger partial charge in [0.15, 0.2) is 0 Å². The van der Waals surface area contributed by atoms with Crippen LogP contribution in [0.5, 0.6) is 0 Å². The van der Waals surface area contributed by atoms with Crippen molar-refractivity contribution in [3.8, 4) is 44.8 Å². The molecule has 5 aromatic rings. The highest BCUT2D eigenvalue weighted by molar-refractivity contribution is 5.88. The van der Waals surface area contributed by atoms with E-state index in [4.69, 9.17) is 14.5 Å². The molecule has 3 heterocycles. The normalized spacial score (nSPS) is 17.9. The zero-order chi connectivity index (χ0) is 44.4. The largest absolute Gasteiger partial charge is 0.444 e. The Morgan fingerprint density at radius 1 is 0.742 bits per heavy atom. The molecule has 0 saturated carbocycles. The molecule has 2 aliphatic carbocycles. The summed E-state index contributed by atoms with van der Waals surface area (Å²) >= 11 is 0. The van der Waals surface area contributed by atoms with Crippen molar-refractivity contribution < 1.29 is 19.1 Å². The van der Waals surface area contributed by atoms with Crippen molar-refractivity contribution in [2.75, 3.05) is 13.1 Å². The lowest BCUT2D eigenvalue weighted by Crippen LogP contribution is -2.37. The summed E-state index contributed by atoms with van der Waals surface area (Å²) in [6.45, 7) is 24.8. The molecular formula is C52H66N6O4. The molecule has 8 rings (SSSR count). The summed E-state index contributed by atoms with van der Waals surface area (Å²) < 4.78 is 11.4. The van der Waals surface area contributed by atoms with Crippen LogP contribution in [0.25, 0.3) is 44.8 Å². The minimum Gasteiger partial charge on any atom is -0.444 e. The Morgan fingerprint density at radius 2 is 1.24 bits per heavy atom. The number of rotatable bonds is 9. The number of hydrogen-bond donors (Lipinski definition) is 2. The van der Waals surface area contributed by atoms with Crippen molar-refractivity contribution in [3.63, 3.8) is 0 Å². The van der Waals surface area contributed by atoms with Crippen LogP contribution < -0.4 is 0 Å². The first-order valence-corrected chi connectivity index (χ1v) is 22.7. The van der Waals surface area contributed by atoms with Crippen LogP contribution in [0.1, 0.15) is 148 Å². The predicted molar refractivity (Wildman–Crippen MR) is 247 cm³/mol. The van der Waals surface area contributed by atoms with Crippen LogP contribution in [0.15, 0.2) is 60.9 Å². The Kier molecular flexibility index (Phi) is 11.2. The van der Waals surface area contributed by atoms with E-state index in [9.17, 15) is 9.59 Å². The molecule has 0 bridgehead atoms. The van der Waals surface area contributed by atoms with Crippen molar-refractivity contribution in [1.29, 1.82) is 0 Å². The Bertz CT molecular complexity index is 2460. The van der Waals surface area contributed by atoms with Gasteiger partial charge in [0.25, 0.3) is 0 Å². The Morgan fingerprint density at radius 3 is 1.76 bits per heavy atom. The molecule has 1 saturated heterocycles. The Labute approximate surface area is 368 Å². The molecule has 1 aliphatic heterocycles. The van der Waals surface area contributed by atoms with E-state index >= 15 is 0 Å². The van der Waals surface area contributed by atoms with E-state index in [1.54, 1.807) is 4.90 Å². The summed E-state index contributed by atoms with van der Waals surface area (Å²) in [5, 5.41) is 0. The highest BCUT2D eigenvalue weighted by atomic mass is 16.6. The lowest BCUT2D eigenvalue weighted by Gasteiger charge is -2.30. The average molecular weight is 839 g/mol. The van der Waals surface area contributed by atoms with Crippen LogP contribution in [-0.4, -0.2) is 66.2 Å². The topological polar surface area (TPSA) is 116 Å². The fourth-order valence-corrected chi connectivity index (χ4v) is 10.1. The third kappa shape index (κ3) is 8.54. The molecule has 3 aromatic carbocycles. The minimum atomic E-state index is -0.561. The second-order valence-corrected chi connectivity index (χ2v) is 21.0. The van der Waals surface area contributed by atoms with Gasteiger partial charge in [0.1, 0.15) is 22.9 Å². The van der Waals surface area contributed by atoms with E-state index in [1.165, 1.54) is 44.5 Å². The van der Waals surface area contributed by atoms with Crippen molar-refractivity contribution in [2.24, 2.45) is 0 Å². The third-order valence-electron chi connectivity index (χ3n) is 12.9. The quantitative estimate of drug-likeness (QED) is 0.153. The highest BCUT2D eigenvalue weighted by Crippen LogP contribution is 2.56. The van der Waals surface area contributed by atoms with Gasteiger partial charge in [-0.15, -0.1) is 0 Å². The summed E-state index contributed by atoms with van der Waals surface area (Å²) in [7, 11) is 0. The van der Waals surface area contributed by atoms with Gasteiger partial charge in [-0.3, -0.25) is 4.90 Å². The zero-order valence-electron chi connectivity index (χ0n) is 38.8. The molecule has 2 amide bonds. The number of benzene rings is 3. The monoisotopic (exact) mass is 839 g/mol. The number of carbonyl (C=O) groups excluding carboxylic acids is 2. The highest BCUT2D eigenvalue weighted by Gasteiger charge is 2.43. The van der Waals surface area contributed by atoms with Crippen molar-refractivity contribution in [3.05, 3.63) is 94.8 Å². The van der Waals surface area contributed by atoms with Crippen molar-refractivity contribution in [1.82, 2.24) is 29.7 Å². The maximum Gasteiger partial charge on any atom is 0.410 e. The van der Waals surface area contributed by atoms with Crippen molar-refractivity contribution >= 4 is 12.2 Å². The fourth-order valence-electron chi connectivity index (χ4n) is 10.1. The molecule has 3 aliphatic rings. The van der Waals surface area contributed by atoms with Crippen LogP contribution in [0, 0.1) is 0 Å². The molecule has 2 aromatic heterocycles. The van der Waals surface area contributed by atoms with Crippen LogP contribution in [0.4, 0.5) is 9.59 Å². The summed E-state index contributed by atoms with van der Waals surface area (Å²) in [4.78, 5) is 46.0. The van der Waals surface area contributed by atoms with Gasteiger partial charge in [-0.25, -0.2) is 19.6 Å². The number of likely N-dealkylation sites (tertiary alicyclic amines) is 1. The van der Waals surface area contributed by atoms with Gasteiger partial charge in [-0.1, -0.05) is 83.1 Å². The maximum atomic E-state index is 13.0. The fraction of sp³-hybridized carbons (Fsp3) is 0.500. The summed E-state index contributed by atoms with van der Waals surface area (Å²) in [6, 6.07) is 17.9. The molecule has 0 unspecified atom stereocenters. The van der Waals surface area contributed by atoms with E-state index in [0.717, 1.165) is 79.1 Å². The first kappa shape index (κ1) is 43.3. The van der Waals surface area contributed by atoms with Gasteiger partial charge in [-0.05, 0) is 153 Å². The summed E-state index contributed by atoms with van der Waals surface area (Å²) in [5.41, 5.74) is 14.3. The van der Waals surface area contributed by atoms with E-state index in [2.05, 4.69) is 98.1 Å². The number of nitrogens with zero attached hydrogens (tertiary/aromatic N) is 4. The number of aromatic nitrogens is 4. The molecule has 1 fully saturated rings. The second kappa shape index (κ2) is 16.1. The number of fused-ring (bicyclic) bond motifs is 2. The molecular weight excluding hydrogens is 773 g/mol. The number of amides is 2. The third-order valence-corrected chi connectivity index (χ3v) is 12.9. The van der Waals surface area contributed by atoms with Crippen molar-refractivity contribution in [2.45, 2.75) is 156 Å². The van der Waals surface area contributed by atoms with Gasteiger partial charge < -0.3 is 24.3 Å². The number of ether oxygens (including phenoxy) is 2. The molecule has 328 valence electrons. The van der Waals surface area contributed by atoms with E-state index in [-0.39, 0.29) is 29.1 Å². The minimum absolute atomic E-state index is 0.0241. The number of imidazole rings is 2. The first-order chi connectivity index (χ1) is 29.2. The average Bonchev–Trinajstić information content (AvgIpc) is 4.05. The smallest absolute Gasteiger partial charge is 0.410 e. The van der Waals surface area contributed by atoms with Crippen LogP contribution in [0.3, 0.4) is 0 Å². The van der Waals surface area contributed by atoms with Crippen LogP contribution in [-0.2, 0) is 39.7 Å². The molecule has 10 heteroatoms. The maximum absolute atomic E-state index is 13.0. The van der Waals surface area contributed by atoms with Crippen LogP contribution in [0.2, 0.25) is 0 Å². The van der Waals surface area contributed by atoms with Gasteiger partial charge >= 0.3 is 12.2 Å². The summed E-state index contributed by atoms with van der Waals surface area (Å²) in [6.07, 6.45) is 10.1. The lowest BCUT2D eigenvalue weighted by molar-refractivity contribution is 0.0212.